The quantitative estimate of drug-likeness (QED) is 0.553. The molecule has 0 radical (unpaired) electrons. The molecular formula is C18H19N3O3S2. The first kappa shape index (κ1) is 18.5. The first-order chi connectivity index (χ1) is 12.6. The van der Waals surface area contributed by atoms with Crippen LogP contribution in [0.3, 0.4) is 0 Å². The Bertz CT molecular complexity index is 846. The Labute approximate surface area is 160 Å². The van der Waals surface area contributed by atoms with E-state index >= 15 is 0 Å². The Morgan fingerprint density at radius 1 is 1.27 bits per heavy atom. The molecule has 0 aliphatic rings. The molecule has 0 aliphatic heterocycles. The maximum absolute atomic E-state index is 11.8. The number of carbonyl (C=O) groups is 1. The summed E-state index contributed by atoms with van der Waals surface area (Å²) in [6.07, 6.45) is 2.96. The van der Waals surface area contributed by atoms with Crippen molar-refractivity contribution in [3.63, 3.8) is 0 Å². The number of anilines is 1. The van der Waals surface area contributed by atoms with E-state index in [2.05, 4.69) is 29.1 Å². The summed E-state index contributed by atoms with van der Waals surface area (Å²) >= 11 is 2.95. The standard InChI is InChI=1S/C18H19N3O3S2/c1-12(2)14-8-19-15(24-14)11-25-16-9-20-17(26-16)21-18(22)23-10-13-6-4-3-5-7-13/h3-9,12H,10-11H2,1-2H3,(H,20,21,22). The summed E-state index contributed by atoms with van der Waals surface area (Å²) in [7, 11) is 0. The van der Waals surface area contributed by atoms with Gasteiger partial charge in [-0.25, -0.2) is 14.8 Å². The number of benzene rings is 1. The van der Waals surface area contributed by atoms with Crippen LogP contribution in [0.15, 0.2) is 51.4 Å². The molecule has 6 nitrogen and oxygen atoms in total. The van der Waals surface area contributed by atoms with Crippen LogP contribution in [0, 0.1) is 0 Å². The van der Waals surface area contributed by atoms with E-state index in [4.69, 9.17) is 9.15 Å². The number of aromatic nitrogens is 2. The molecule has 0 bridgehead atoms. The number of thiazole rings is 1. The monoisotopic (exact) mass is 389 g/mol. The van der Waals surface area contributed by atoms with Gasteiger partial charge in [0.15, 0.2) is 5.13 Å². The number of carbonyl (C=O) groups excluding carboxylic acids is 1. The summed E-state index contributed by atoms with van der Waals surface area (Å²) in [6, 6.07) is 9.52. The predicted octanol–water partition coefficient (Wildman–Crippen LogP) is 5.30. The molecule has 3 aromatic rings. The second kappa shape index (κ2) is 8.86. The Kier molecular flexibility index (Phi) is 6.30. The van der Waals surface area contributed by atoms with Crippen molar-refractivity contribution in [2.24, 2.45) is 0 Å². The van der Waals surface area contributed by atoms with Crippen molar-refractivity contribution in [1.82, 2.24) is 9.97 Å². The first-order valence-electron chi connectivity index (χ1n) is 8.11. The number of nitrogens with zero attached hydrogens (tertiary/aromatic N) is 2. The van der Waals surface area contributed by atoms with Gasteiger partial charge >= 0.3 is 6.09 Å². The van der Waals surface area contributed by atoms with Crippen LogP contribution in [-0.4, -0.2) is 16.1 Å². The van der Waals surface area contributed by atoms with E-state index in [0.717, 1.165) is 15.5 Å². The molecule has 136 valence electrons. The van der Waals surface area contributed by atoms with E-state index in [0.29, 0.717) is 22.7 Å². The molecular weight excluding hydrogens is 370 g/mol. The third-order valence-corrected chi connectivity index (χ3v) is 5.48. The highest BCUT2D eigenvalue weighted by Crippen LogP contribution is 2.31. The average Bonchev–Trinajstić information content (AvgIpc) is 3.28. The van der Waals surface area contributed by atoms with Gasteiger partial charge in [-0.3, -0.25) is 5.32 Å². The molecule has 26 heavy (non-hydrogen) atoms. The third kappa shape index (κ3) is 5.34. The summed E-state index contributed by atoms with van der Waals surface area (Å²) in [4.78, 5) is 20.3. The highest BCUT2D eigenvalue weighted by Gasteiger charge is 2.11. The Hall–Kier alpha value is -2.32. The molecule has 0 fully saturated rings. The van der Waals surface area contributed by atoms with E-state index in [9.17, 15) is 4.79 Å². The summed E-state index contributed by atoms with van der Waals surface area (Å²) in [5.74, 6) is 2.51. The number of hydrogen-bond acceptors (Lipinski definition) is 7. The first-order valence-corrected chi connectivity index (χ1v) is 9.91. The van der Waals surface area contributed by atoms with Crippen LogP contribution in [0.25, 0.3) is 0 Å². The van der Waals surface area contributed by atoms with E-state index in [1.807, 2.05) is 30.3 Å². The minimum absolute atomic E-state index is 0.224. The minimum Gasteiger partial charge on any atom is -0.445 e. The number of hydrogen-bond donors (Lipinski definition) is 1. The zero-order chi connectivity index (χ0) is 18.4. The number of oxazole rings is 1. The van der Waals surface area contributed by atoms with Gasteiger partial charge in [-0.15, -0.1) is 11.8 Å². The molecule has 0 unspecified atom stereocenters. The number of ether oxygens (including phenoxy) is 1. The van der Waals surface area contributed by atoms with Gasteiger partial charge in [0.2, 0.25) is 5.89 Å². The lowest BCUT2D eigenvalue weighted by molar-refractivity contribution is 0.155. The van der Waals surface area contributed by atoms with E-state index in [-0.39, 0.29) is 6.61 Å². The van der Waals surface area contributed by atoms with E-state index < -0.39 is 6.09 Å². The fourth-order valence-corrected chi connectivity index (χ4v) is 3.73. The largest absolute Gasteiger partial charge is 0.445 e. The van der Waals surface area contributed by atoms with Crippen molar-refractivity contribution < 1.29 is 13.9 Å². The minimum atomic E-state index is -0.519. The van der Waals surface area contributed by atoms with Crippen LogP contribution in [0.4, 0.5) is 9.93 Å². The lowest BCUT2D eigenvalue weighted by Gasteiger charge is -2.04. The SMILES string of the molecule is CC(C)c1cnc(CSc2cnc(NC(=O)OCc3ccccc3)s2)o1. The Balaban J connectivity index is 1.45. The molecule has 1 amide bonds. The van der Waals surface area contributed by atoms with Gasteiger partial charge in [-0.1, -0.05) is 55.5 Å². The normalized spacial score (nSPS) is 10.9. The summed E-state index contributed by atoms with van der Waals surface area (Å²) in [6.45, 7) is 4.35. The molecule has 3 rings (SSSR count). The molecule has 0 saturated carbocycles. The topological polar surface area (TPSA) is 77.2 Å². The zero-order valence-corrected chi connectivity index (χ0v) is 16.1. The van der Waals surface area contributed by atoms with Crippen molar-refractivity contribution in [2.75, 3.05) is 5.32 Å². The van der Waals surface area contributed by atoms with E-state index in [1.54, 1.807) is 24.2 Å². The van der Waals surface area contributed by atoms with Crippen molar-refractivity contribution >= 4 is 34.3 Å². The number of thioether (sulfide) groups is 1. The van der Waals surface area contributed by atoms with Crippen LogP contribution in [0.2, 0.25) is 0 Å². The lowest BCUT2D eigenvalue weighted by atomic mass is 10.2. The smallest absolute Gasteiger partial charge is 0.413 e. The van der Waals surface area contributed by atoms with Crippen molar-refractivity contribution in [1.29, 1.82) is 0 Å². The van der Waals surface area contributed by atoms with Crippen molar-refractivity contribution in [2.45, 2.75) is 36.3 Å². The second-order valence-electron chi connectivity index (χ2n) is 5.77. The zero-order valence-electron chi connectivity index (χ0n) is 14.5. The van der Waals surface area contributed by atoms with Crippen LogP contribution >= 0.6 is 23.1 Å². The maximum atomic E-state index is 11.8. The lowest BCUT2D eigenvalue weighted by Crippen LogP contribution is -2.13. The molecule has 2 heterocycles. The molecule has 1 aromatic carbocycles. The summed E-state index contributed by atoms with van der Waals surface area (Å²) in [5, 5.41) is 3.14. The van der Waals surface area contributed by atoms with Gasteiger partial charge in [-0.2, -0.15) is 0 Å². The van der Waals surface area contributed by atoms with Crippen molar-refractivity contribution in [3.8, 4) is 0 Å². The van der Waals surface area contributed by atoms with Gasteiger partial charge < -0.3 is 9.15 Å². The molecule has 0 aliphatic carbocycles. The third-order valence-electron chi connectivity index (χ3n) is 3.38. The molecule has 0 atom stereocenters. The second-order valence-corrected chi connectivity index (χ2v) is 8.08. The molecule has 2 aromatic heterocycles. The average molecular weight is 390 g/mol. The Morgan fingerprint density at radius 3 is 2.81 bits per heavy atom. The van der Waals surface area contributed by atoms with Gasteiger partial charge in [0.1, 0.15) is 12.4 Å². The number of nitrogens with one attached hydrogen (secondary N) is 1. The van der Waals surface area contributed by atoms with Crippen LogP contribution in [-0.2, 0) is 17.1 Å². The number of rotatable bonds is 7. The highest BCUT2D eigenvalue weighted by atomic mass is 32.2. The van der Waals surface area contributed by atoms with Crippen LogP contribution < -0.4 is 5.32 Å². The highest BCUT2D eigenvalue weighted by molar-refractivity contribution is 8.00. The van der Waals surface area contributed by atoms with Crippen LogP contribution in [0.5, 0.6) is 0 Å². The maximum Gasteiger partial charge on any atom is 0.413 e. The molecule has 0 spiro atoms. The van der Waals surface area contributed by atoms with Gasteiger partial charge in [0, 0.05) is 5.92 Å². The van der Waals surface area contributed by atoms with Crippen molar-refractivity contribution in [3.05, 3.63) is 59.9 Å². The van der Waals surface area contributed by atoms with Crippen LogP contribution in [0.1, 0.15) is 37.0 Å². The Morgan fingerprint density at radius 2 is 2.08 bits per heavy atom. The number of amides is 1. The molecule has 0 saturated heterocycles. The van der Waals surface area contributed by atoms with Gasteiger partial charge in [0.05, 0.1) is 22.4 Å². The summed E-state index contributed by atoms with van der Waals surface area (Å²) in [5.41, 5.74) is 0.935. The fraction of sp³-hybridized carbons (Fsp3) is 0.278. The predicted molar refractivity (Wildman–Crippen MR) is 103 cm³/mol. The van der Waals surface area contributed by atoms with Gasteiger partial charge in [0.25, 0.3) is 0 Å². The fourth-order valence-electron chi connectivity index (χ4n) is 2.02. The molecule has 1 N–H and O–H groups in total. The van der Waals surface area contributed by atoms with E-state index in [1.165, 1.54) is 11.3 Å². The summed E-state index contributed by atoms with van der Waals surface area (Å²) < 4.78 is 11.8. The molecule has 8 heteroatoms. The van der Waals surface area contributed by atoms with Gasteiger partial charge in [-0.05, 0) is 5.56 Å².